The molecule has 0 spiro atoms. The summed E-state index contributed by atoms with van der Waals surface area (Å²) < 4.78 is 0. The number of halogens is 1. The molecule has 0 heterocycles. The molecular formula is C12H19ClN2. The van der Waals surface area contributed by atoms with E-state index in [1.165, 1.54) is 5.56 Å². The Bertz CT molecular complexity index is 301. The maximum Gasteiger partial charge on any atom is 0.0451 e. The zero-order valence-corrected chi connectivity index (χ0v) is 10.2. The lowest BCUT2D eigenvalue weighted by Gasteiger charge is -2.24. The minimum Gasteiger partial charge on any atom is -0.330 e. The molecule has 1 unspecified atom stereocenters. The molecule has 1 atom stereocenters. The van der Waals surface area contributed by atoms with Crippen molar-refractivity contribution in [1.82, 2.24) is 4.90 Å². The van der Waals surface area contributed by atoms with Crippen LogP contribution in [0.5, 0.6) is 0 Å². The highest BCUT2D eigenvalue weighted by Gasteiger charge is 2.09. The van der Waals surface area contributed by atoms with Gasteiger partial charge in [-0.2, -0.15) is 0 Å². The topological polar surface area (TPSA) is 29.3 Å². The van der Waals surface area contributed by atoms with E-state index < -0.39 is 0 Å². The predicted octanol–water partition coefficient (Wildman–Crippen LogP) is 2.51. The molecular weight excluding hydrogens is 208 g/mol. The zero-order chi connectivity index (χ0) is 11.3. The number of rotatable bonds is 5. The monoisotopic (exact) mass is 226 g/mol. The molecule has 0 saturated heterocycles. The third-order valence-corrected chi connectivity index (χ3v) is 3.08. The highest BCUT2D eigenvalue weighted by Crippen LogP contribution is 2.17. The molecule has 0 aliphatic rings. The van der Waals surface area contributed by atoms with Crippen molar-refractivity contribution in [2.45, 2.75) is 25.9 Å². The molecule has 0 aliphatic heterocycles. The molecule has 84 valence electrons. The third-order valence-electron chi connectivity index (χ3n) is 2.71. The highest BCUT2D eigenvalue weighted by molar-refractivity contribution is 6.31. The molecule has 0 bridgehead atoms. The van der Waals surface area contributed by atoms with Gasteiger partial charge in [-0.05, 0) is 38.6 Å². The zero-order valence-electron chi connectivity index (χ0n) is 9.41. The van der Waals surface area contributed by atoms with Crippen molar-refractivity contribution in [2.24, 2.45) is 5.73 Å². The fourth-order valence-electron chi connectivity index (χ4n) is 1.51. The summed E-state index contributed by atoms with van der Waals surface area (Å²) in [7, 11) is 2.10. The van der Waals surface area contributed by atoms with Crippen LogP contribution in [0.25, 0.3) is 0 Å². The van der Waals surface area contributed by atoms with E-state index in [1.807, 2.05) is 18.2 Å². The van der Waals surface area contributed by atoms with E-state index >= 15 is 0 Å². The molecule has 1 aromatic carbocycles. The van der Waals surface area contributed by atoms with Crippen molar-refractivity contribution in [2.75, 3.05) is 13.6 Å². The van der Waals surface area contributed by atoms with Gasteiger partial charge in [0.1, 0.15) is 0 Å². The van der Waals surface area contributed by atoms with Crippen LogP contribution < -0.4 is 5.73 Å². The minimum absolute atomic E-state index is 0.492. The standard InChI is InChI=1S/C12H19ClN2/c1-10(7-8-14)15(2)9-11-5-3-4-6-12(11)13/h3-6,10H,7-9,14H2,1-2H3. The highest BCUT2D eigenvalue weighted by atomic mass is 35.5. The van der Waals surface area contributed by atoms with E-state index in [2.05, 4.69) is 24.9 Å². The van der Waals surface area contributed by atoms with Crippen molar-refractivity contribution in [1.29, 1.82) is 0 Å². The summed E-state index contributed by atoms with van der Waals surface area (Å²) in [6.07, 6.45) is 1.01. The average Bonchev–Trinajstić information content (AvgIpc) is 2.21. The van der Waals surface area contributed by atoms with Crippen molar-refractivity contribution in [3.63, 3.8) is 0 Å². The molecule has 0 saturated carbocycles. The number of nitrogens with two attached hydrogens (primary N) is 1. The first-order chi connectivity index (χ1) is 7.15. The van der Waals surface area contributed by atoms with Gasteiger partial charge in [-0.25, -0.2) is 0 Å². The first kappa shape index (κ1) is 12.5. The number of nitrogens with zero attached hydrogens (tertiary/aromatic N) is 1. The predicted molar refractivity (Wildman–Crippen MR) is 66.1 cm³/mol. The number of hydrogen-bond donors (Lipinski definition) is 1. The summed E-state index contributed by atoms with van der Waals surface area (Å²) in [6.45, 7) is 3.79. The lowest BCUT2D eigenvalue weighted by atomic mass is 10.1. The van der Waals surface area contributed by atoms with Gasteiger partial charge in [-0.3, -0.25) is 4.90 Å². The van der Waals surface area contributed by atoms with E-state index in [4.69, 9.17) is 17.3 Å². The van der Waals surface area contributed by atoms with Crippen LogP contribution in [0.2, 0.25) is 5.02 Å². The Hall–Kier alpha value is -0.570. The molecule has 2 nitrogen and oxygen atoms in total. The normalized spacial score (nSPS) is 13.1. The molecule has 15 heavy (non-hydrogen) atoms. The van der Waals surface area contributed by atoms with Crippen LogP contribution >= 0.6 is 11.6 Å². The molecule has 2 N–H and O–H groups in total. The summed E-state index contributed by atoms with van der Waals surface area (Å²) in [5.74, 6) is 0. The Kier molecular flexibility index (Phi) is 5.09. The van der Waals surface area contributed by atoms with Crippen molar-refractivity contribution in [3.05, 3.63) is 34.9 Å². The van der Waals surface area contributed by atoms with E-state index in [9.17, 15) is 0 Å². The Balaban J connectivity index is 2.58. The maximum atomic E-state index is 6.10. The fraction of sp³-hybridized carbons (Fsp3) is 0.500. The molecule has 1 aromatic rings. The summed E-state index contributed by atoms with van der Waals surface area (Å²) in [6, 6.07) is 8.45. The Labute approximate surface area is 97.0 Å². The summed E-state index contributed by atoms with van der Waals surface area (Å²) in [5.41, 5.74) is 6.71. The van der Waals surface area contributed by atoms with Crippen LogP contribution in [-0.4, -0.2) is 24.5 Å². The SMILES string of the molecule is CC(CCN)N(C)Cc1ccccc1Cl. The first-order valence-electron chi connectivity index (χ1n) is 5.29. The first-order valence-corrected chi connectivity index (χ1v) is 5.66. The molecule has 3 heteroatoms. The largest absolute Gasteiger partial charge is 0.330 e. The summed E-state index contributed by atoms with van der Waals surface area (Å²) in [4.78, 5) is 2.27. The molecule has 0 amide bonds. The van der Waals surface area contributed by atoms with Gasteiger partial charge in [0.15, 0.2) is 0 Å². The van der Waals surface area contributed by atoms with Gasteiger partial charge in [-0.15, -0.1) is 0 Å². The van der Waals surface area contributed by atoms with Gasteiger partial charge in [0.2, 0.25) is 0 Å². The second-order valence-corrected chi connectivity index (χ2v) is 4.34. The van der Waals surface area contributed by atoms with Crippen LogP contribution in [0.1, 0.15) is 18.9 Å². The average molecular weight is 227 g/mol. The fourth-order valence-corrected chi connectivity index (χ4v) is 1.71. The minimum atomic E-state index is 0.492. The lowest BCUT2D eigenvalue weighted by molar-refractivity contribution is 0.240. The Morgan fingerprint density at radius 2 is 2.07 bits per heavy atom. The molecule has 0 aromatic heterocycles. The van der Waals surface area contributed by atoms with E-state index in [1.54, 1.807) is 0 Å². The summed E-state index contributed by atoms with van der Waals surface area (Å²) >= 11 is 6.10. The molecule has 0 aliphatic carbocycles. The van der Waals surface area contributed by atoms with Gasteiger partial charge in [0, 0.05) is 17.6 Å². The van der Waals surface area contributed by atoms with Crippen molar-refractivity contribution >= 4 is 11.6 Å². The van der Waals surface area contributed by atoms with E-state index in [-0.39, 0.29) is 0 Å². The van der Waals surface area contributed by atoms with Crippen molar-refractivity contribution < 1.29 is 0 Å². The van der Waals surface area contributed by atoms with Gasteiger partial charge >= 0.3 is 0 Å². The molecule has 0 fully saturated rings. The lowest BCUT2D eigenvalue weighted by Crippen LogP contribution is -2.30. The van der Waals surface area contributed by atoms with Gasteiger partial charge in [0.05, 0.1) is 0 Å². The van der Waals surface area contributed by atoms with Crippen LogP contribution in [0.3, 0.4) is 0 Å². The Morgan fingerprint density at radius 3 is 2.67 bits per heavy atom. The molecule has 1 rings (SSSR count). The second-order valence-electron chi connectivity index (χ2n) is 3.93. The van der Waals surface area contributed by atoms with Crippen LogP contribution in [-0.2, 0) is 6.54 Å². The van der Waals surface area contributed by atoms with Crippen LogP contribution in [0.15, 0.2) is 24.3 Å². The Morgan fingerprint density at radius 1 is 1.40 bits per heavy atom. The van der Waals surface area contributed by atoms with E-state index in [0.29, 0.717) is 6.04 Å². The smallest absolute Gasteiger partial charge is 0.0451 e. The maximum absolute atomic E-state index is 6.10. The third kappa shape index (κ3) is 3.82. The van der Waals surface area contributed by atoms with Crippen LogP contribution in [0.4, 0.5) is 0 Å². The van der Waals surface area contributed by atoms with Gasteiger partial charge in [0.25, 0.3) is 0 Å². The summed E-state index contributed by atoms with van der Waals surface area (Å²) in [5, 5.41) is 0.837. The quantitative estimate of drug-likeness (QED) is 0.836. The second kappa shape index (κ2) is 6.11. The molecule has 0 radical (unpaired) electrons. The van der Waals surface area contributed by atoms with Crippen LogP contribution in [0, 0.1) is 0 Å². The van der Waals surface area contributed by atoms with Crippen molar-refractivity contribution in [3.8, 4) is 0 Å². The van der Waals surface area contributed by atoms with Gasteiger partial charge < -0.3 is 5.73 Å². The van der Waals surface area contributed by atoms with E-state index in [0.717, 1.165) is 24.5 Å². The van der Waals surface area contributed by atoms with Gasteiger partial charge in [-0.1, -0.05) is 29.8 Å². The number of hydrogen-bond acceptors (Lipinski definition) is 2. The number of benzene rings is 1.